The molecule has 1 atom stereocenters. The number of hydrogen-bond donors (Lipinski definition) is 1. The van der Waals surface area contributed by atoms with E-state index in [0.29, 0.717) is 6.04 Å². The van der Waals surface area contributed by atoms with E-state index < -0.39 is 0 Å². The van der Waals surface area contributed by atoms with Crippen molar-refractivity contribution >= 4 is 11.8 Å². The molecule has 1 N–H and O–H groups in total. The van der Waals surface area contributed by atoms with E-state index in [9.17, 15) is 0 Å². The topological polar surface area (TPSA) is 61.6 Å². The van der Waals surface area contributed by atoms with Crippen LogP contribution in [-0.2, 0) is 0 Å². The Kier molecular flexibility index (Phi) is 4.56. The SMILES string of the molecule is Cc1cc(C)nc(SCCC(C#N)NC2CC2)n1. The Balaban J connectivity index is 1.78. The third-order valence-corrected chi connectivity index (χ3v) is 3.65. The third kappa shape index (κ3) is 4.28. The maximum absolute atomic E-state index is 9.04. The van der Waals surface area contributed by atoms with Crippen LogP contribution in [-0.4, -0.2) is 27.8 Å². The predicted molar refractivity (Wildman–Crippen MR) is 72.4 cm³/mol. The minimum absolute atomic E-state index is 0.0316. The lowest BCUT2D eigenvalue weighted by atomic mass is 10.2. The fourth-order valence-electron chi connectivity index (χ4n) is 1.75. The number of rotatable bonds is 6. The number of nitrogens with one attached hydrogen (secondary N) is 1. The molecule has 0 aromatic carbocycles. The molecule has 0 saturated heterocycles. The van der Waals surface area contributed by atoms with Crippen LogP contribution in [0.4, 0.5) is 0 Å². The minimum Gasteiger partial charge on any atom is -0.299 e. The van der Waals surface area contributed by atoms with Crippen LogP contribution in [0, 0.1) is 25.2 Å². The molecule has 0 spiro atoms. The number of aromatic nitrogens is 2. The van der Waals surface area contributed by atoms with E-state index >= 15 is 0 Å². The maximum Gasteiger partial charge on any atom is 0.187 e. The van der Waals surface area contributed by atoms with E-state index in [2.05, 4.69) is 21.4 Å². The Morgan fingerprint density at radius 2 is 2.11 bits per heavy atom. The van der Waals surface area contributed by atoms with Crippen molar-refractivity contribution in [2.45, 2.75) is 50.4 Å². The molecular weight excluding hydrogens is 244 g/mol. The van der Waals surface area contributed by atoms with E-state index in [4.69, 9.17) is 5.26 Å². The molecule has 1 aromatic heterocycles. The molecule has 18 heavy (non-hydrogen) atoms. The van der Waals surface area contributed by atoms with Crippen molar-refractivity contribution in [3.05, 3.63) is 17.5 Å². The average Bonchev–Trinajstić information content (AvgIpc) is 3.10. The van der Waals surface area contributed by atoms with Crippen molar-refractivity contribution in [2.75, 3.05) is 5.75 Å². The average molecular weight is 262 g/mol. The standard InChI is InChI=1S/C13H18N4S/c1-9-7-10(2)16-13(15-9)18-6-5-12(8-14)17-11-3-4-11/h7,11-12,17H,3-6H2,1-2H3. The Labute approximate surface area is 112 Å². The molecule has 5 heteroatoms. The Hall–Kier alpha value is -1.12. The molecule has 0 amide bonds. The molecule has 1 saturated carbocycles. The highest BCUT2D eigenvalue weighted by Crippen LogP contribution is 2.21. The first-order valence-electron chi connectivity index (χ1n) is 6.28. The van der Waals surface area contributed by atoms with Gasteiger partial charge in [0.1, 0.15) is 0 Å². The van der Waals surface area contributed by atoms with Crippen LogP contribution in [0.25, 0.3) is 0 Å². The third-order valence-electron chi connectivity index (χ3n) is 2.77. The molecule has 0 aliphatic heterocycles. The van der Waals surface area contributed by atoms with Crippen molar-refractivity contribution in [3.63, 3.8) is 0 Å². The lowest BCUT2D eigenvalue weighted by molar-refractivity contribution is 0.587. The van der Waals surface area contributed by atoms with Gasteiger partial charge in [-0.1, -0.05) is 11.8 Å². The second kappa shape index (κ2) is 6.17. The molecule has 1 aliphatic carbocycles. The summed E-state index contributed by atoms with van der Waals surface area (Å²) in [5.74, 6) is 0.876. The van der Waals surface area contributed by atoms with Crippen LogP contribution in [0.3, 0.4) is 0 Å². The van der Waals surface area contributed by atoms with Gasteiger partial charge in [-0.05, 0) is 39.2 Å². The number of nitrogens with zero attached hydrogens (tertiary/aromatic N) is 3. The van der Waals surface area contributed by atoms with E-state index in [1.807, 2.05) is 19.9 Å². The molecule has 1 unspecified atom stereocenters. The lowest BCUT2D eigenvalue weighted by Crippen LogP contribution is -2.29. The molecule has 1 aromatic rings. The minimum atomic E-state index is -0.0316. The largest absolute Gasteiger partial charge is 0.299 e. The zero-order valence-electron chi connectivity index (χ0n) is 10.8. The van der Waals surface area contributed by atoms with E-state index in [-0.39, 0.29) is 6.04 Å². The summed E-state index contributed by atoms with van der Waals surface area (Å²) in [6, 6.07) is 4.84. The van der Waals surface area contributed by atoms with Crippen LogP contribution >= 0.6 is 11.8 Å². The predicted octanol–water partition coefficient (Wildman–Crippen LogP) is 2.22. The molecule has 2 rings (SSSR count). The zero-order chi connectivity index (χ0) is 13.0. The van der Waals surface area contributed by atoms with E-state index in [1.54, 1.807) is 11.8 Å². The zero-order valence-corrected chi connectivity index (χ0v) is 11.6. The first-order valence-corrected chi connectivity index (χ1v) is 7.26. The summed E-state index contributed by atoms with van der Waals surface area (Å²) in [5.41, 5.74) is 2.00. The highest BCUT2D eigenvalue weighted by atomic mass is 32.2. The van der Waals surface area contributed by atoms with E-state index in [0.717, 1.165) is 28.7 Å². The number of aryl methyl sites for hydroxylation is 2. The van der Waals surface area contributed by atoms with Gasteiger partial charge in [-0.3, -0.25) is 5.32 Å². The molecule has 1 aliphatic rings. The van der Waals surface area contributed by atoms with Crippen molar-refractivity contribution in [1.29, 1.82) is 5.26 Å². The van der Waals surface area contributed by atoms with Gasteiger partial charge in [-0.15, -0.1) is 0 Å². The number of thioether (sulfide) groups is 1. The molecule has 0 bridgehead atoms. The summed E-state index contributed by atoms with van der Waals surface area (Å²) in [6.07, 6.45) is 3.27. The maximum atomic E-state index is 9.04. The van der Waals surface area contributed by atoms with Crippen LogP contribution in [0.15, 0.2) is 11.2 Å². The van der Waals surface area contributed by atoms with Crippen molar-refractivity contribution in [3.8, 4) is 6.07 Å². The van der Waals surface area contributed by atoms with E-state index in [1.165, 1.54) is 12.8 Å². The quantitative estimate of drug-likeness (QED) is 0.629. The molecule has 96 valence electrons. The lowest BCUT2D eigenvalue weighted by Gasteiger charge is -2.09. The highest BCUT2D eigenvalue weighted by Gasteiger charge is 2.24. The van der Waals surface area contributed by atoms with Gasteiger partial charge in [0.2, 0.25) is 0 Å². The summed E-state index contributed by atoms with van der Waals surface area (Å²) in [7, 11) is 0. The van der Waals surface area contributed by atoms with Crippen molar-refractivity contribution < 1.29 is 0 Å². The Bertz CT molecular complexity index is 431. The molecule has 4 nitrogen and oxygen atoms in total. The van der Waals surface area contributed by atoms with Gasteiger partial charge in [0.05, 0.1) is 12.1 Å². The van der Waals surface area contributed by atoms with Crippen molar-refractivity contribution in [1.82, 2.24) is 15.3 Å². The van der Waals surface area contributed by atoms with Crippen LogP contribution in [0.1, 0.15) is 30.7 Å². The van der Waals surface area contributed by atoms with Gasteiger partial charge in [0, 0.05) is 23.2 Å². The van der Waals surface area contributed by atoms with Gasteiger partial charge >= 0.3 is 0 Å². The van der Waals surface area contributed by atoms with Gasteiger partial charge in [0.25, 0.3) is 0 Å². The van der Waals surface area contributed by atoms with Gasteiger partial charge < -0.3 is 0 Å². The molecule has 1 fully saturated rings. The number of hydrogen-bond acceptors (Lipinski definition) is 5. The Morgan fingerprint density at radius 1 is 1.44 bits per heavy atom. The summed E-state index contributed by atoms with van der Waals surface area (Å²) >= 11 is 1.63. The second-order valence-corrected chi connectivity index (χ2v) is 5.76. The van der Waals surface area contributed by atoms with Gasteiger partial charge in [-0.2, -0.15) is 5.26 Å². The van der Waals surface area contributed by atoms with Crippen LogP contribution < -0.4 is 5.32 Å². The smallest absolute Gasteiger partial charge is 0.187 e. The number of nitriles is 1. The van der Waals surface area contributed by atoms with Crippen LogP contribution in [0.5, 0.6) is 0 Å². The molecular formula is C13H18N4S. The monoisotopic (exact) mass is 262 g/mol. The highest BCUT2D eigenvalue weighted by molar-refractivity contribution is 7.99. The first kappa shape index (κ1) is 13.3. The van der Waals surface area contributed by atoms with Crippen molar-refractivity contribution in [2.24, 2.45) is 0 Å². The first-order chi connectivity index (χ1) is 8.67. The van der Waals surface area contributed by atoms with Gasteiger partial charge in [-0.25, -0.2) is 9.97 Å². The molecule has 0 radical (unpaired) electrons. The van der Waals surface area contributed by atoms with Gasteiger partial charge in [0.15, 0.2) is 5.16 Å². The molecule has 1 heterocycles. The summed E-state index contributed by atoms with van der Waals surface area (Å²) < 4.78 is 0. The van der Waals surface area contributed by atoms with Crippen LogP contribution in [0.2, 0.25) is 0 Å². The fraction of sp³-hybridized carbons (Fsp3) is 0.615. The Morgan fingerprint density at radius 3 is 2.67 bits per heavy atom. The summed E-state index contributed by atoms with van der Waals surface area (Å²) in [5, 5.41) is 13.2. The fourth-order valence-corrected chi connectivity index (χ4v) is 2.70. The summed E-state index contributed by atoms with van der Waals surface area (Å²) in [4.78, 5) is 8.76. The summed E-state index contributed by atoms with van der Waals surface area (Å²) in [6.45, 7) is 3.96. The second-order valence-electron chi connectivity index (χ2n) is 4.69. The normalized spacial score (nSPS) is 16.3.